The third-order valence-corrected chi connectivity index (χ3v) is 4.40. The Balaban J connectivity index is 0.00000338. The van der Waals surface area contributed by atoms with Crippen LogP contribution in [0.1, 0.15) is 43.7 Å². The van der Waals surface area contributed by atoms with Crippen LogP contribution in [0.2, 0.25) is 0 Å². The maximum atomic E-state index is 5.71. The molecule has 2 rings (SSSR count). The lowest BCUT2D eigenvalue weighted by molar-refractivity contribution is 0.0888. The number of guanidine groups is 1. The summed E-state index contributed by atoms with van der Waals surface area (Å²) in [6.45, 7) is 8.95. The number of aromatic nitrogens is 1. The average molecular weight is 480 g/mol. The van der Waals surface area contributed by atoms with Crippen molar-refractivity contribution >= 4 is 29.9 Å². The number of hydrogen-bond acceptors (Lipinski definition) is 5. The van der Waals surface area contributed by atoms with Gasteiger partial charge in [-0.15, -0.1) is 24.0 Å². The van der Waals surface area contributed by atoms with Gasteiger partial charge in [-0.05, 0) is 19.3 Å². The molecule has 8 heteroatoms. The molecule has 0 spiro atoms. The van der Waals surface area contributed by atoms with Crippen molar-refractivity contribution in [3.63, 3.8) is 0 Å². The number of aryl methyl sites for hydroxylation is 2. The quantitative estimate of drug-likeness (QED) is 0.232. The van der Waals surface area contributed by atoms with E-state index in [1.54, 1.807) is 7.05 Å². The van der Waals surface area contributed by atoms with E-state index in [0.717, 1.165) is 81.6 Å². The first-order valence-corrected chi connectivity index (χ1v) is 9.34. The van der Waals surface area contributed by atoms with E-state index in [2.05, 4.69) is 34.6 Å². The van der Waals surface area contributed by atoms with Gasteiger partial charge < -0.3 is 24.6 Å². The summed E-state index contributed by atoms with van der Waals surface area (Å²) in [6.07, 6.45) is 3.79. The third kappa shape index (κ3) is 7.40. The molecule has 2 heterocycles. The number of nitrogens with zero attached hydrogens (tertiary/aromatic N) is 2. The Labute approximate surface area is 173 Å². The van der Waals surface area contributed by atoms with Crippen molar-refractivity contribution in [1.82, 2.24) is 15.8 Å². The molecular weight excluding hydrogens is 447 g/mol. The zero-order chi connectivity index (χ0) is 17.9. The highest BCUT2D eigenvalue weighted by molar-refractivity contribution is 14.0. The number of aliphatic imine (C=N–C) groups is 1. The molecule has 26 heavy (non-hydrogen) atoms. The molecular formula is C18H33IN4O3. The molecule has 2 N–H and O–H groups in total. The van der Waals surface area contributed by atoms with Crippen molar-refractivity contribution in [2.24, 2.45) is 10.9 Å². The molecule has 0 saturated carbocycles. The highest BCUT2D eigenvalue weighted by Crippen LogP contribution is 2.15. The first kappa shape index (κ1) is 23.2. The Morgan fingerprint density at radius 2 is 2.15 bits per heavy atom. The molecule has 1 aromatic rings. The predicted molar refractivity (Wildman–Crippen MR) is 113 cm³/mol. The van der Waals surface area contributed by atoms with Gasteiger partial charge in [-0.2, -0.15) is 0 Å². The van der Waals surface area contributed by atoms with Gasteiger partial charge in [0.2, 0.25) is 0 Å². The number of halogens is 1. The molecule has 1 aliphatic rings. The molecule has 1 atom stereocenters. The van der Waals surface area contributed by atoms with Gasteiger partial charge in [0.15, 0.2) is 5.96 Å². The van der Waals surface area contributed by atoms with E-state index in [1.807, 2.05) is 0 Å². The van der Waals surface area contributed by atoms with Crippen LogP contribution in [0, 0.1) is 5.92 Å². The molecule has 150 valence electrons. The SMILES string of the molecule is CCc1noc(CC)c1CNC(=NC)NCCCOCC1CCOC1.I. The summed E-state index contributed by atoms with van der Waals surface area (Å²) in [5.41, 5.74) is 2.17. The molecule has 7 nitrogen and oxygen atoms in total. The standard InChI is InChI=1S/C18H32N4O3.HI/c1-4-16-15(17(5-2)25-22-16)11-21-18(19-3)20-8-6-9-23-12-14-7-10-24-13-14;/h14H,4-13H2,1-3H3,(H2,19,20,21);1H. The smallest absolute Gasteiger partial charge is 0.191 e. The van der Waals surface area contributed by atoms with Crippen molar-refractivity contribution in [2.45, 2.75) is 46.1 Å². The molecule has 1 unspecified atom stereocenters. The van der Waals surface area contributed by atoms with E-state index in [4.69, 9.17) is 14.0 Å². The fourth-order valence-electron chi connectivity index (χ4n) is 2.88. The lowest BCUT2D eigenvalue weighted by Gasteiger charge is -2.13. The minimum absolute atomic E-state index is 0. The molecule has 0 aromatic carbocycles. The van der Waals surface area contributed by atoms with Gasteiger partial charge in [-0.1, -0.05) is 19.0 Å². The van der Waals surface area contributed by atoms with Crippen molar-refractivity contribution in [1.29, 1.82) is 0 Å². The van der Waals surface area contributed by atoms with E-state index in [1.165, 1.54) is 0 Å². The molecule has 0 aliphatic carbocycles. The van der Waals surface area contributed by atoms with Gasteiger partial charge in [0.25, 0.3) is 0 Å². The van der Waals surface area contributed by atoms with Crippen LogP contribution in [0.25, 0.3) is 0 Å². The first-order valence-electron chi connectivity index (χ1n) is 9.34. The van der Waals surface area contributed by atoms with Crippen LogP contribution < -0.4 is 10.6 Å². The van der Waals surface area contributed by atoms with Crippen molar-refractivity contribution in [3.8, 4) is 0 Å². The molecule has 1 aromatic heterocycles. The monoisotopic (exact) mass is 480 g/mol. The van der Waals surface area contributed by atoms with Crippen molar-refractivity contribution in [2.75, 3.05) is 40.0 Å². The number of ether oxygens (including phenoxy) is 2. The fourth-order valence-corrected chi connectivity index (χ4v) is 2.88. The molecule has 1 saturated heterocycles. The second-order valence-electron chi connectivity index (χ2n) is 6.25. The van der Waals surface area contributed by atoms with Gasteiger partial charge in [0.05, 0.1) is 18.9 Å². The largest absolute Gasteiger partial charge is 0.381 e. The summed E-state index contributed by atoms with van der Waals surface area (Å²) < 4.78 is 16.4. The van der Waals surface area contributed by atoms with E-state index >= 15 is 0 Å². The van der Waals surface area contributed by atoms with E-state index in [0.29, 0.717) is 12.5 Å². The van der Waals surface area contributed by atoms with E-state index in [9.17, 15) is 0 Å². The second kappa shape index (κ2) is 13.3. The summed E-state index contributed by atoms with van der Waals surface area (Å²) in [5.74, 6) is 2.31. The molecule has 1 fully saturated rings. The van der Waals surface area contributed by atoms with E-state index < -0.39 is 0 Å². The van der Waals surface area contributed by atoms with Crippen LogP contribution in [0.4, 0.5) is 0 Å². The third-order valence-electron chi connectivity index (χ3n) is 4.40. The lowest BCUT2D eigenvalue weighted by atomic mass is 10.1. The molecule has 1 aliphatic heterocycles. The van der Waals surface area contributed by atoms with Gasteiger partial charge in [-0.25, -0.2) is 0 Å². The zero-order valence-corrected chi connectivity index (χ0v) is 18.5. The first-order chi connectivity index (χ1) is 12.3. The predicted octanol–water partition coefficient (Wildman–Crippen LogP) is 2.53. The van der Waals surface area contributed by atoms with Gasteiger partial charge in [0.1, 0.15) is 5.76 Å². The molecule has 0 radical (unpaired) electrons. The van der Waals surface area contributed by atoms with E-state index in [-0.39, 0.29) is 24.0 Å². The van der Waals surface area contributed by atoms with Crippen LogP contribution in [0.5, 0.6) is 0 Å². The van der Waals surface area contributed by atoms with Crippen LogP contribution in [-0.2, 0) is 28.9 Å². The van der Waals surface area contributed by atoms with Crippen molar-refractivity contribution in [3.05, 3.63) is 17.0 Å². The normalized spacial score (nSPS) is 17.2. The lowest BCUT2D eigenvalue weighted by Crippen LogP contribution is -2.37. The molecule has 0 bridgehead atoms. The number of nitrogens with one attached hydrogen (secondary N) is 2. The zero-order valence-electron chi connectivity index (χ0n) is 16.2. The van der Waals surface area contributed by atoms with Crippen molar-refractivity contribution < 1.29 is 14.0 Å². The Morgan fingerprint density at radius 3 is 2.81 bits per heavy atom. The van der Waals surface area contributed by atoms with Crippen LogP contribution >= 0.6 is 24.0 Å². The fraction of sp³-hybridized carbons (Fsp3) is 0.778. The van der Waals surface area contributed by atoms with Crippen LogP contribution in [0.15, 0.2) is 9.52 Å². The second-order valence-corrected chi connectivity index (χ2v) is 6.25. The Morgan fingerprint density at radius 1 is 1.31 bits per heavy atom. The topological polar surface area (TPSA) is 80.9 Å². The minimum atomic E-state index is 0. The summed E-state index contributed by atoms with van der Waals surface area (Å²) in [4.78, 5) is 4.27. The Kier molecular flexibility index (Phi) is 11.9. The number of rotatable bonds is 10. The number of hydrogen-bond donors (Lipinski definition) is 2. The highest BCUT2D eigenvalue weighted by Gasteiger charge is 2.15. The van der Waals surface area contributed by atoms with Gasteiger partial charge in [0, 0.05) is 51.3 Å². The van der Waals surface area contributed by atoms with Crippen LogP contribution in [-0.4, -0.2) is 51.1 Å². The van der Waals surface area contributed by atoms with Gasteiger partial charge in [-0.3, -0.25) is 4.99 Å². The average Bonchev–Trinajstić information content (AvgIpc) is 3.29. The maximum absolute atomic E-state index is 5.71. The molecule has 0 amide bonds. The summed E-state index contributed by atoms with van der Waals surface area (Å²) in [5, 5.41) is 10.8. The summed E-state index contributed by atoms with van der Waals surface area (Å²) in [6, 6.07) is 0. The maximum Gasteiger partial charge on any atom is 0.191 e. The highest BCUT2D eigenvalue weighted by atomic mass is 127. The van der Waals surface area contributed by atoms with Gasteiger partial charge >= 0.3 is 0 Å². The van der Waals surface area contributed by atoms with Crippen LogP contribution in [0.3, 0.4) is 0 Å². The summed E-state index contributed by atoms with van der Waals surface area (Å²) in [7, 11) is 1.78. The minimum Gasteiger partial charge on any atom is -0.381 e. The Bertz CT molecular complexity index is 509. The summed E-state index contributed by atoms with van der Waals surface area (Å²) >= 11 is 0. The Hall–Kier alpha value is -0.870.